The Morgan fingerprint density at radius 1 is 1.05 bits per heavy atom. The molecule has 0 bridgehead atoms. The Labute approximate surface area is 224 Å². The predicted octanol–water partition coefficient (Wildman–Crippen LogP) is 4.71. The van der Waals surface area contributed by atoms with Crippen molar-refractivity contribution >= 4 is 29.0 Å². The Morgan fingerprint density at radius 3 is 2.38 bits per heavy atom. The summed E-state index contributed by atoms with van der Waals surface area (Å²) in [6, 6.07) is 22.2. The summed E-state index contributed by atoms with van der Waals surface area (Å²) in [7, 11) is 0. The molecule has 1 heterocycles. The van der Waals surface area contributed by atoms with Crippen LogP contribution in [0.1, 0.15) is 29.5 Å². The summed E-state index contributed by atoms with van der Waals surface area (Å²) in [6.07, 6.45) is 1.53. The number of rotatable bonds is 9. The van der Waals surface area contributed by atoms with Crippen LogP contribution >= 0.6 is 0 Å². The number of carbonyl (C=O) groups is 2. The summed E-state index contributed by atoms with van der Waals surface area (Å²) in [4.78, 5) is 41.9. The van der Waals surface area contributed by atoms with Crippen molar-refractivity contribution in [1.29, 1.82) is 0 Å². The van der Waals surface area contributed by atoms with Crippen LogP contribution < -0.4 is 0 Å². The first-order chi connectivity index (χ1) is 17.4. The van der Waals surface area contributed by atoms with Gasteiger partial charge in [0.2, 0.25) is 0 Å². The third kappa shape index (κ3) is 7.09. The molecule has 9 nitrogen and oxygen atoms in total. The first kappa shape index (κ1) is 27.7. The number of carboxylic acids is 1. The molecule has 0 aromatic heterocycles. The van der Waals surface area contributed by atoms with E-state index in [1.54, 1.807) is 30.3 Å². The van der Waals surface area contributed by atoms with Crippen molar-refractivity contribution in [2.75, 3.05) is 13.1 Å². The summed E-state index contributed by atoms with van der Waals surface area (Å²) in [5.74, 6) is -1.49. The molecule has 3 aromatic rings. The summed E-state index contributed by atoms with van der Waals surface area (Å²) >= 11 is 0. The van der Waals surface area contributed by atoms with E-state index in [1.807, 2.05) is 30.3 Å². The zero-order valence-electron chi connectivity index (χ0n) is 19.8. The van der Waals surface area contributed by atoms with Crippen LogP contribution in [-0.4, -0.2) is 51.6 Å². The summed E-state index contributed by atoms with van der Waals surface area (Å²) in [6.45, 7) is 0.853. The van der Waals surface area contributed by atoms with Gasteiger partial charge in [0.25, 0.3) is 5.69 Å². The molecule has 1 saturated heterocycles. The molecule has 4 rings (SSSR count). The van der Waals surface area contributed by atoms with E-state index in [2.05, 4.69) is 15.2 Å². The van der Waals surface area contributed by atoms with Crippen molar-refractivity contribution in [1.82, 2.24) is 4.90 Å². The zero-order chi connectivity index (χ0) is 25.5. The van der Waals surface area contributed by atoms with Crippen molar-refractivity contribution < 1.29 is 36.1 Å². The van der Waals surface area contributed by atoms with Crippen LogP contribution in [-0.2, 0) is 32.6 Å². The van der Waals surface area contributed by atoms with Crippen LogP contribution in [0.25, 0.3) is 5.32 Å². The molecule has 0 aliphatic carbocycles. The minimum absolute atomic E-state index is 0. The molecular weight excluding hydrogens is 519 g/mol. The topological polar surface area (TPSA) is 127 Å². The fraction of sp³-hybridized carbons (Fsp3) is 0.222. The smallest absolute Gasteiger partial charge is 0.325 e. The second-order valence-electron chi connectivity index (χ2n) is 8.45. The molecular formula is C27H25N4NiO5-. The van der Waals surface area contributed by atoms with E-state index in [4.69, 9.17) is 0 Å². The molecule has 1 atom stereocenters. The Morgan fingerprint density at radius 2 is 1.73 bits per heavy atom. The molecule has 1 fully saturated rings. The number of nitrogens with zero attached hydrogens (tertiary/aromatic N) is 4. The number of aliphatic carboxylic acids is 1. The Hall–Kier alpha value is -3.88. The molecule has 0 radical (unpaired) electrons. The third-order valence-corrected chi connectivity index (χ3v) is 5.97. The first-order valence-corrected chi connectivity index (χ1v) is 11.6. The van der Waals surface area contributed by atoms with E-state index in [-0.39, 0.29) is 45.0 Å². The van der Waals surface area contributed by atoms with E-state index < -0.39 is 23.5 Å². The number of carboxylic acid groups (broad SMARTS) is 1. The van der Waals surface area contributed by atoms with Crippen LogP contribution in [0.3, 0.4) is 0 Å². The largest absolute Gasteiger partial charge is 0.625 e. The monoisotopic (exact) mass is 543 g/mol. The van der Waals surface area contributed by atoms with Crippen LogP contribution in [0.4, 0.5) is 11.4 Å². The number of hydrogen-bond acceptors (Lipinski definition) is 6. The van der Waals surface area contributed by atoms with Gasteiger partial charge in [-0.2, -0.15) is 0 Å². The Kier molecular flexibility index (Phi) is 9.66. The molecule has 0 saturated carbocycles. The van der Waals surface area contributed by atoms with Gasteiger partial charge in [-0.3, -0.25) is 24.8 Å². The van der Waals surface area contributed by atoms with Gasteiger partial charge in [-0.05, 0) is 30.5 Å². The average molecular weight is 544 g/mol. The first-order valence-electron chi connectivity index (χ1n) is 11.6. The molecule has 1 aliphatic heterocycles. The Bertz CT molecular complexity index is 1280. The number of aliphatic imine (C=N–C) groups is 1. The van der Waals surface area contributed by atoms with Gasteiger partial charge in [-0.15, -0.1) is 5.69 Å². The van der Waals surface area contributed by atoms with E-state index in [9.17, 15) is 24.8 Å². The predicted molar refractivity (Wildman–Crippen MR) is 136 cm³/mol. The van der Waals surface area contributed by atoms with Crippen LogP contribution in [0, 0.1) is 10.1 Å². The van der Waals surface area contributed by atoms with Gasteiger partial charge < -0.3 is 15.2 Å². The van der Waals surface area contributed by atoms with Crippen LogP contribution in [0.5, 0.6) is 0 Å². The van der Waals surface area contributed by atoms with E-state index in [0.717, 1.165) is 18.5 Å². The number of nitro groups is 1. The number of carbonyl (C=O) groups excluding carboxylic acids is 1. The van der Waals surface area contributed by atoms with Crippen molar-refractivity contribution in [3.8, 4) is 0 Å². The fourth-order valence-corrected chi connectivity index (χ4v) is 4.31. The van der Waals surface area contributed by atoms with Crippen LogP contribution in [0.15, 0.2) is 83.9 Å². The molecule has 1 aliphatic rings. The van der Waals surface area contributed by atoms with Crippen molar-refractivity contribution in [3.63, 3.8) is 0 Å². The normalized spacial score (nSPS) is 15.6. The molecule has 1 amide bonds. The second kappa shape index (κ2) is 12.9. The molecule has 3 aromatic carbocycles. The number of nitro benzene ring substituents is 1. The zero-order valence-corrected chi connectivity index (χ0v) is 20.8. The maximum Gasteiger partial charge on any atom is 0.325 e. The number of likely N-dealkylation sites (tertiary alicyclic amines) is 1. The molecule has 0 unspecified atom stereocenters. The van der Waals surface area contributed by atoms with E-state index in [1.165, 1.54) is 18.2 Å². The number of amides is 1. The van der Waals surface area contributed by atoms with E-state index in [0.29, 0.717) is 18.5 Å². The second-order valence-corrected chi connectivity index (χ2v) is 8.45. The van der Waals surface area contributed by atoms with E-state index >= 15 is 0 Å². The quantitative estimate of drug-likeness (QED) is 0.180. The minimum atomic E-state index is -1.15. The van der Waals surface area contributed by atoms with Crippen molar-refractivity contribution in [2.45, 2.75) is 25.4 Å². The maximum absolute atomic E-state index is 13.3. The van der Waals surface area contributed by atoms with Gasteiger partial charge in [0.05, 0.1) is 22.6 Å². The van der Waals surface area contributed by atoms with Crippen molar-refractivity contribution in [2.24, 2.45) is 4.99 Å². The summed E-state index contributed by atoms with van der Waals surface area (Å²) in [5.41, 5.74) is 2.13. The van der Waals surface area contributed by atoms with Gasteiger partial charge in [0.1, 0.15) is 6.54 Å². The molecule has 37 heavy (non-hydrogen) atoms. The van der Waals surface area contributed by atoms with Gasteiger partial charge in [0.15, 0.2) is 0 Å². The molecule has 0 spiro atoms. The standard InChI is InChI=1S/C27H26N4O5.Ni/c32-25(33)17-28-26(20-10-5-2-6-11-20)22-16-21(31(35)36)13-14-23(22)29-27(34)24-12-7-15-30(24)18-19-8-3-1-4-9-19;/h1-6,8-11,13-14,16,24H,7,12,15,17-18H2,(H2,28,29,32,33,34);/p-1/t24-;/m0./s1. The number of non-ortho nitro benzene ring substituents is 1. The Balaban J connectivity index is 0.00000380. The fourth-order valence-electron chi connectivity index (χ4n) is 4.31. The number of hydrogen-bond donors (Lipinski definition) is 1. The van der Waals surface area contributed by atoms with Gasteiger partial charge in [0, 0.05) is 40.7 Å². The third-order valence-electron chi connectivity index (χ3n) is 5.97. The molecule has 194 valence electrons. The average Bonchev–Trinajstić information content (AvgIpc) is 3.34. The summed E-state index contributed by atoms with van der Waals surface area (Å²) < 4.78 is 0. The summed E-state index contributed by atoms with van der Waals surface area (Å²) in [5, 5.41) is 25.1. The molecule has 1 N–H and O–H groups in total. The minimum Gasteiger partial charge on any atom is -0.625 e. The van der Waals surface area contributed by atoms with Crippen molar-refractivity contribution in [3.05, 3.63) is 111 Å². The molecule has 10 heteroatoms. The van der Waals surface area contributed by atoms with Gasteiger partial charge in [-0.25, -0.2) is 0 Å². The van der Waals surface area contributed by atoms with Crippen LogP contribution in [0.2, 0.25) is 0 Å². The number of benzene rings is 3. The SMILES string of the molecule is O=C(O)CN=C(c1ccccc1)c1cc([N+](=O)[O-])ccc1[N-]C(=O)[C@@H]1CCCN1Cc1ccccc1.[Ni]. The van der Waals surface area contributed by atoms with Gasteiger partial charge in [-0.1, -0.05) is 66.7 Å². The maximum atomic E-state index is 13.3. The van der Waals surface area contributed by atoms with Gasteiger partial charge >= 0.3 is 5.97 Å².